The van der Waals surface area contributed by atoms with Crippen LogP contribution in [-0.4, -0.2) is 132 Å². The highest BCUT2D eigenvalue weighted by Gasteiger charge is 2.53. The number of hydrogen-bond donors (Lipinski definition) is 0. The number of fused-ring (bicyclic) bond motifs is 3. The second kappa shape index (κ2) is 20.2. The number of anilines is 1. The number of benzene rings is 4. The van der Waals surface area contributed by atoms with Gasteiger partial charge in [-0.05, 0) is 79.4 Å². The number of halogens is 3. The van der Waals surface area contributed by atoms with E-state index in [0.29, 0.717) is 66.1 Å². The third kappa shape index (κ3) is 9.82. The third-order valence-corrected chi connectivity index (χ3v) is 20.7. The summed E-state index contributed by atoms with van der Waals surface area (Å²) < 4.78 is 51.9. The van der Waals surface area contributed by atoms with E-state index in [1.54, 1.807) is 28.1 Å². The molecule has 2 aromatic heterocycles. The molecule has 74 heavy (non-hydrogen) atoms. The van der Waals surface area contributed by atoms with Gasteiger partial charge in [0.1, 0.15) is 35.4 Å². The van der Waals surface area contributed by atoms with Crippen molar-refractivity contribution in [3.8, 4) is 29.1 Å². The van der Waals surface area contributed by atoms with Crippen molar-refractivity contribution in [2.75, 3.05) is 51.3 Å². The molecule has 0 spiro atoms. The lowest BCUT2D eigenvalue weighted by Gasteiger charge is -2.44. The van der Waals surface area contributed by atoms with E-state index in [1.165, 1.54) is 0 Å². The van der Waals surface area contributed by atoms with Gasteiger partial charge in [0.25, 0.3) is 14.2 Å². The zero-order chi connectivity index (χ0) is 52.2. The van der Waals surface area contributed by atoms with Gasteiger partial charge in [-0.25, -0.2) is 13.6 Å². The first kappa shape index (κ1) is 51.3. The van der Waals surface area contributed by atoms with Crippen LogP contribution in [0.3, 0.4) is 0 Å². The Kier molecular flexibility index (Phi) is 14.0. The molecule has 386 valence electrons. The van der Waals surface area contributed by atoms with E-state index in [9.17, 15) is 14.0 Å². The Bertz CT molecular complexity index is 3100. The maximum Gasteiger partial charge on any atom is 0.411 e. The van der Waals surface area contributed by atoms with Crippen molar-refractivity contribution in [3.05, 3.63) is 114 Å². The highest BCUT2D eigenvalue weighted by Crippen LogP contribution is 2.43. The van der Waals surface area contributed by atoms with Gasteiger partial charge in [0.2, 0.25) is 0 Å². The maximum absolute atomic E-state index is 17.2. The van der Waals surface area contributed by atoms with Crippen molar-refractivity contribution < 1.29 is 32.3 Å². The normalized spacial score (nSPS) is 22.2. The standard InChI is InChI=1S/C58H64ClF2N7O5Si/c1-56(2,3)72-55(70)68-36-42(73-74(57(4,5)6,43-19-10-8-11-20-43)44-21-12-9-13-22-44)31-40(68)25-26-48(69)66-30-27-41(35-66)65(7)53-46-33-62-51(45-23-14-17-38-18-15-24-47(59)49(38)45)50(61)52(46)63-54(64-53)71-37-58-28-16-29-67(58)34-39(60)32-58/h8-15,17-24,33,39-42H,16,27-32,34-37H2,1-7H3/t39-,40+,41-,42+,58+/m1/s1. The number of hydrogen-bond acceptors (Lipinski definition) is 10. The molecule has 6 aromatic rings. The van der Waals surface area contributed by atoms with Gasteiger partial charge in [-0.1, -0.05) is 129 Å². The average Bonchev–Trinajstić information content (AvgIpc) is 4.18. The molecule has 6 heterocycles. The fraction of sp³-hybridized carbons (Fsp3) is 0.431. The zero-order valence-electron chi connectivity index (χ0n) is 43.2. The van der Waals surface area contributed by atoms with Gasteiger partial charge >= 0.3 is 12.1 Å². The number of likely N-dealkylation sites (N-methyl/N-ethyl adjacent to an activating group) is 1. The Hall–Kier alpha value is -6.18. The number of likely N-dealkylation sites (tertiary alicyclic amines) is 2. The topological polar surface area (TPSA) is 113 Å². The molecule has 0 saturated carbocycles. The number of aromatic nitrogens is 3. The first-order valence-electron chi connectivity index (χ1n) is 25.7. The smallest absolute Gasteiger partial charge is 0.411 e. The molecular formula is C58H64ClF2N7O5Si. The van der Waals surface area contributed by atoms with Crippen LogP contribution < -0.4 is 20.0 Å². The minimum absolute atomic E-state index is 0.0154. The molecule has 12 nitrogen and oxygen atoms in total. The van der Waals surface area contributed by atoms with Crippen molar-refractivity contribution in [1.29, 1.82) is 0 Å². The first-order valence-corrected chi connectivity index (χ1v) is 28.0. The Morgan fingerprint density at radius 3 is 2.30 bits per heavy atom. The monoisotopic (exact) mass is 1040 g/mol. The lowest BCUT2D eigenvalue weighted by Crippen LogP contribution is -2.67. The second-order valence-corrected chi connectivity index (χ2v) is 27.0. The molecule has 2 amide bonds. The van der Waals surface area contributed by atoms with Crippen LogP contribution in [-0.2, 0) is 14.0 Å². The molecule has 16 heteroatoms. The summed E-state index contributed by atoms with van der Waals surface area (Å²) in [6.45, 7) is 14.4. The van der Waals surface area contributed by atoms with Gasteiger partial charge in [0.05, 0.1) is 29.6 Å². The molecule has 0 unspecified atom stereocenters. The van der Waals surface area contributed by atoms with E-state index in [0.717, 1.165) is 35.1 Å². The van der Waals surface area contributed by atoms with Crippen molar-refractivity contribution in [2.24, 2.45) is 0 Å². The molecule has 4 fully saturated rings. The lowest BCUT2D eigenvalue weighted by atomic mass is 9.95. The maximum atomic E-state index is 17.2. The highest BCUT2D eigenvalue weighted by molar-refractivity contribution is 6.99. The summed E-state index contributed by atoms with van der Waals surface area (Å²) in [4.78, 5) is 49.8. The van der Waals surface area contributed by atoms with Crippen molar-refractivity contribution >= 4 is 69.8 Å². The SMILES string of the molecule is CN(c1nc(OC[C@@]23CCCN2C[C@H](F)C3)nc2c(F)c(-c3cccc4cccc(Cl)c34)ncc12)[C@@H]1CCN(C(=O)C#C[C@H]2C[C@H](O[Si](c3ccccc3)(c3ccccc3)C(C)(C)C)CN2C(=O)OC(C)(C)C)C1. The van der Waals surface area contributed by atoms with Gasteiger partial charge in [0.15, 0.2) is 5.82 Å². The summed E-state index contributed by atoms with van der Waals surface area (Å²) in [5.74, 6) is 5.45. The van der Waals surface area contributed by atoms with Crippen LogP contribution in [0.4, 0.5) is 19.4 Å². The van der Waals surface area contributed by atoms with Gasteiger partial charge < -0.3 is 23.7 Å². The van der Waals surface area contributed by atoms with E-state index >= 15 is 4.39 Å². The molecular weight excluding hydrogens is 976 g/mol. The van der Waals surface area contributed by atoms with Crippen LogP contribution in [0.15, 0.2) is 103 Å². The van der Waals surface area contributed by atoms with E-state index in [-0.39, 0.29) is 47.4 Å². The van der Waals surface area contributed by atoms with E-state index in [1.807, 2.05) is 93.4 Å². The Morgan fingerprint density at radius 2 is 1.61 bits per heavy atom. The van der Waals surface area contributed by atoms with Crippen LogP contribution in [0, 0.1) is 17.7 Å². The molecule has 10 rings (SSSR count). The second-order valence-electron chi connectivity index (χ2n) is 22.4. The molecule has 0 N–H and O–H groups in total. The van der Waals surface area contributed by atoms with E-state index < -0.39 is 49.7 Å². The number of amides is 2. The average molecular weight is 1040 g/mol. The fourth-order valence-corrected chi connectivity index (χ4v) is 16.8. The molecule has 4 aliphatic rings. The molecule has 4 saturated heterocycles. The predicted molar refractivity (Wildman–Crippen MR) is 289 cm³/mol. The largest absolute Gasteiger partial charge is 0.461 e. The Labute approximate surface area is 438 Å². The quantitative estimate of drug-likeness (QED) is 0.0972. The summed E-state index contributed by atoms with van der Waals surface area (Å²) in [5.41, 5.74) is -0.638. The van der Waals surface area contributed by atoms with E-state index in [4.69, 9.17) is 30.5 Å². The zero-order valence-corrected chi connectivity index (χ0v) is 45.0. The summed E-state index contributed by atoms with van der Waals surface area (Å²) in [6.07, 6.45) is 2.71. The van der Waals surface area contributed by atoms with Crippen LogP contribution in [0.5, 0.6) is 6.01 Å². The van der Waals surface area contributed by atoms with Crippen molar-refractivity contribution in [1.82, 2.24) is 29.7 Å². The summed E-state index contributed by atoms with van der Waals surface area (Å²) in [6, 6.07) is 30.9. The number of alkyl halides is 1. The molecule has 4 aliphatic heterocycles. The summed E-state index contributed by atoms with van der Waals surface area (Å²) in [7, 11) is -1.15. The van der Waals surface area contributed by atoms with Crippen LogP contribution in [0.1, 0.15) is 73.6 Å². The van der Waals surface area contributed by atoms with Crippen LogP contribution >= 0.6 is 11.6 Å². The number of ether oxygens (including phenoxy) is 2. The molecule has 5 atom stereocenters. The highest BCUT2D eigenvalue weighted by atomic mass is 35.5. The number of rotatable bonds is 10. The third-order valence-electron chi connectivity index (χ3n) is 15.3. The Morgan fingerprint density at radius 1 is 0.905 bits per heavy atom. The molecule has 4 aromatic carbocycles. The van der Waals surface area contributed by atoms with Crippen molar-refractivity contribution in [3.63, 3.8) is 0 Å². The minimum atomic E-state index is -3.01. The Balaban J connectivity index is 0.927. The lowest BCUT2D eigenvalue weighted by molar-refractivity contribution is -0.124. The number of carbonyl (C=O) groups is 2. The number of carbonyl (C=O) groups excluding carboxylic acids is 2. The van der Waals surface area contributed by atoms with Crippen LogP contribution in [0.25, 0.3) is 32.9 Å². The molecule has 0 radical (unpaired) electrons. The van der Waals surface area contributed by atoms with Gasteiger partial charge in [-0.15, -0.1) is 0 Å². The van der Waals surface area contributed by atoms with Gasteiger partial charge in [0, 0.05) is 67.7 Å². The fourth-order valence-electron chi connectivity index (χ4n) is 11.8. The molecule has 0 aliphatic carbocycles. The van der Waals surface area contributed by atoms with Crippen molar-refractivity contribution in [2.45, 2.75) is 114 Å². The van der Waals surface area contributed by atoms with Gasteiger partial charge in [-0.2, -0.15) is 9.97 Å². The predicted octanol–water partition coefficient (Wildman–Crippen LogP) is 9.59. The minimum Gasteiger partial charge on any atom is -0.461 e. The van der Waals surface area contributed by atoms with Gasteiger partial charge in [-0.3, -0.25) is 19.6 Å². The summed E-state index contributed by atoms with van der Waals surface area (Å²) in [5, 5.41) is 4.28. The van der Waals surface area contributed by atoms with Crippen LogP contribution in [0.2, 0.25) is 10.1 Å². The number of pyridine rings is 1. The summed E-state index contributed by atoms with van der Waals surface area (Å²) >= 11 is 6.72. The van der Waals surface area contributed by atoms with E-state index in [2.05, 4.69) is 71.7 Å². The molecule has 0 bridgehead atoms. The first-order chi connectivity index (χ1) is 35.3. The number of nitrogens with zero attached hydrogens (tertiary/aromatic N) is 7.